The fourth-order valence-corrected chi connectivity index (χ4v) is 4.31. The Hall–Kier alpha value is -2.79. The third kappa shape index (κ3) is 3.29. The van der Waals surface area contributed by atoms with Crippen LogP contribution in [0.5, 0.6) is 5.75 Å². The van der Waals surface area contributed by atoms with Gasteiger partial charge in [0.05, 0.1) is 18.4 Å². The second-order valence-electron chi connectivity index (χ2n) is 7.50. The second-order valence-corrected chi connectivity index (χ2v) is 7.93. The predicted octanol–water partition coefficient (Wildman–Crippen LogP) is 4.35. The predicted molar refractivity (Wildman–Crippen MR) is 114 cm³/mol. The van der Waals surface area contributed by atoms with Crippen LogP contribution in [0.3, 0.4) is 0 Å². The van der Waals surface area contributed by atoms with Gasteiger partial charge in [0.25, 0.3) is 11.8 Å². The van der Waals surface area contributed by atoms with E-state index in [0.29, 0.717) is 27.7 Å². The summed E-state index contributed by atoms with van der Waals surface area (Å²) in [4.78, 5) is 30.4. The number of hydrogen-bond acceptors (Lipinski definition) is 4. The number of halogens is 1. The van der Waals surface area contributed by atoms with E-state index < -0.39 is 0 Å². The van der Waals surface area contributed by atoms with Crippen molar-refractivity contribution in [3.63, 3.8) is 0 Å². The zero-order valence-corrected chi connectivity index (χ0v) is 17.5. The number of hydrogen-bond donors (Lipinski definition) is 0. The maximum atomic E-state index is 13.6. The van der Waals surface area contributed by atoms with Crippen molar-refractivity contribution in [1.29, 1.82) is 0 Å². The molecule has 6 heteroatoms. The first-order valence-electron chi connectivity index (χ1n) is 9.71. The van der Waals surface area contributed by atoms with E-state index in [9.17, 15) is 9.59 Å². The lowest BCUT2D eigenvalue weighted by Crippen LogP contribution is -2.34. The molecule has 2 aliphatic heterocycles. The number of imide groups is 1. The van der Waals surface area contributed by atoms with Crippen molar-refractivity contribution < 1.29 is 14.3 Å². The van der Waals surface area contributed by atoms with Crippen LogP contribution in [0.4, 0.5) is 5.69 Å². The molecule has 0 unspecified atom stereocenters. The van der Waals surface area contributed by atoms with Crippen molar-refractivity contribution in [2.45, 2.75) is 26.7 Å². The number of amides is 2. The van der Waals surface area contributed by atoms with Gasteiger partial charge in [-0.2, -0.15) is 0 Å². The van der Waals surface area contributed by atoms with E-state index in [-0.39, 0.29) is 11.8 Å². The van der Waals surface area contributed by atoms with Crippen molar-refractivity contribution in [3.8, 4) is 5.75 Å². The SMILES string of the molecule is COc1ccc(Cl)cc1N1C(=O)C(c2ccc(C)cc2C)=C(N2CCCC2)C1=O. The second kappa shape index (κ2) is 7.56. The molecule has 0 N–H and O–H groups in total. The van der Waals surface area contributed by atoms with Crippen LogP contribution in [-0.2, 0) is 9.59 Å². The first-order valence-corrected chi connectivity index (χ1v) is 10.1. The maximum absolute atomic E-state index is 13.6. The van der Waals surface area contributed by atoms with Crippen molar-refractivity contribution in [1.82, 2.24) is 4.90 Å². The highest BCUT2D eigenvalue weighted by molar-refractivity contribution is 6.46. The maximum Gasteiger partial charge on any atom is 0.282 e. The third-order valence-corrected chi connectivity index (χ3v) is 5.75. The van der Waals surface area contributed by atoms with Gasteiger partial charge in [0.1, 0.15) is 11.4 Å². The third-order valence-electron chi connectivity index (χ3n) is 5.51. The summed E-state index contributed by atoms with van der Waals surface area (Å²) in [5, 5.41) is 0.434. The first kappa shape index (κ1) is 19.5. The number of likely N-dealkylation sites (tertiary alicyclic amines) is 1. The lowest BCUT2D eigenvalue weighted by molar-refractivity contribution is -0.120. The Morgan fingerprint density at radius 3 is 2.34 bits per heavy atom. The van der Waals surface area contributed by atoms with Crippen LogP contribution < -0.4 is 9.64 Å². The van der Waals surface area contributed by atoms with Crippen LogP contribution >= 0.6 is 11.6 Å². The molecule has 1 fully saturated rings. The van der Waals surface area contributed by atoms with Gasteiger partial charge >= 0.3 is 0 Å². The van der Waals surface area contributed by atoms with Gasteiger partial charge < -0.3 is 9.64 Å². The van der Waals surface area contributed by atoms with E-state index in [0.717, 1.165) is 42.6 Å². The van der Waals surface area contributed by atoms with Crippen molar-refractivity contribution in [2.75, 3.05) is 25.1 Å². The number of nitrogens with zero attached hydrogens (tertiary/aromatic N) is 2. The van der Waals surface area contributed by atoms with E-state index in [1.54, 1.807) is 18.2 Å². The Morgan fingerprint density at radius 2 is 1.69 bits per heavy atom. The monoisotopic (exact) mass is 410 g/mol. The fraction of sp³-hybridized carbons (Fsp3) is 0.304. The molecule has 0 saturated carbocycles. The number of aryl methyl sites for hydroxylation is 2. The lowest BCUT2D eigenvalue weighted by atomic mass is 9.97. The molecule has 0 aromatic heterocycles. The zero-order valence-electron chi connectivity index (χ0n) is 16.8. The Morgan fingerprint density at radius 1 is 0.966 bits per heavy atom. The van der Waals surface area contributed by atoms with Crippen molar-refractivity contribution in [3.05, 3.63) is 63.8 Å². The molecule has 2 aromatic rings. The van der Waals surface area contributed by atoms with Crippen LogP contribution in [0.25, 0.3) is 5.57 Å². The molecule has 1 saturated heterocycles. The Labute approximate surface area is 175 Å². The van der Waals surface area contributed by atoms with Gasteiger partial charge in [0.2, 0.25) is 0 Å². The number of benzene rings is 2. The fourth-order valence-electron chi connectivity index (χ4n) is 4.15. The highest BCUT2D eigenvalue weighted by Crippen LogP contribution is 2.41. The summed E-state index contributed by atoms with van der Waals surface area (Å²) in [5.74, 6) is -0.240. The lowest BCUT2D eigenvalue weighted by Gasteiger charge is -2.21. The van der Waals surface area contributed by atoms with Crippen LogP contribution in [0.1, 0.15) is 29.5 Å². The summed E-state index contributed by atoms with van der Waals surface area (Å²) in [7, 11) is 1.51. The smallest absolute Gasteiger partial charge is 0.282 e. The van der Waals surface area contributed by atoms with Crippen molar-refractivity contribution in [2.24, 2.45) is 0 Å². The zero-order chi connectivity index (χ0) is 20.7. The minimum absolute atomic E-state index is 0.326. The normalized spacial score (nSPS) is 17.0. The first-order chi connectivity index (χ1) is 13.9. The molecule has 4 rings (SSSR count). The van der Waals surface area contributed by atoms with Crippen LogP contribution in [0.15, 0.2) is 42.1 Å². The molecule has 0 atom stereocenters. The molecular formula is C23H23ClN2O3. The topological polar surface area (TPSA) is 49.9 Å². The number of methoxy groups -OCH3 is 1. The molecule has 0 bridgehead atoms. The van der Waals surface area contributed by atoms with Gasteiger partial charge in [0.15, 0.2) is 0 Å². The summed E-state index contributed by atoms with van der Waals surface area (Å²) in [6.07, 6.45) is 2.01. The molecule has 2 amide bonds. The number of ether oxygens (including phenoxy) is 1. The average molecular weight is 411 g/mol. The molecule has 0 spiro atoms. The summed E-state index contributed by atoms with van der Waals surface area (Å²) >= 11 is 6.18. The van der Waals surface area contributed by atoms with Gasteiger partial charge in [-0.05, 0) is 56.0 Å². The number of carbonyl (C=O) groups excluding carboxylic acids is 2. The number of carbonyl (C=O) groups is 2. The molecule has 150 valence electrons. The minimum atomic E-state index is -0.343. The summed E-state index contributed by atoms with van der Waals surface area (Å²) in [6, 6.07) is 10.9. The Kier molecular flexibility index (Phi) is 5.09. The molecule has 2 aliphatic rings. The van der Waals surface area contributed by atoms with E-state index in [2.05, 4.69) is 0 Å². The Bertz CT molecular complexity index is 1040. The van der Waals surface area contributed by atoms with Gasteiger partial charge in [-0.25, -0.2) is 4.90 Å². The summed E-state index contributed by atoms with van der Waals surface area (Å²) in [6.45, 7) is 5.52. The van der Waals surface area contributed by atoms with E-state index >= 15 is 0 Å². The van der Waals surface area contributed by atoms with E-state index in [1.807, 2.05) is 36.9 Å². The molecule has 29 heavy (non-hydrogen) atoms. The number of anilines is 1. The van der Waals surface area contributed by atoms with Gasteiger partial charge in [0, 0.05) is 18.1 Å². The molecular weight excluding hydrogens is 388 g/mol. The summed E-state index contributed by atoms with van der Waals surface area (Å²) < 4.78 is 5.41. The van der Waals surface area contributed by atoms with E-state index in [1.165, 1.54) is 12.0 Å². The van der Waals surface area contributed by atoms with E-state index in [4.69, 9.17) is 16.3 Å². The Balaban J connectivity index is 1.90. The number of rotatable bonds is 4. The van der Waals surface area contributed by atoms with Crippen LogP contribution in [0.2, 0.25) is 5.02 Å². The van der Waals surface area contributed by atoms with Crippen molar-refractivity contribution >= 4 is 34.7 Å². The van der Waals surface area contributed by atoms with Crippen LogP contribution in [0, 0.1) is 13.8 Å². The van der Waals surface area contributed by atoms with Gasteiger partial charge in [-0.3, -0.25) is 9.59 Å². The highest BCUT2D eigenvalue weighted by atomic mass is 35.5. The standard InChI is InChI=1S/C23H23ClN2O3/c1-14-6-8-17(15(2)12-14)20-21(25-10-4-5-11-25)23(28)26(22(20)27)18-13-16(24)7-9-19(18)29-3/h6-9,12-13H,4-5,10-11H2,1-3H3. The molecule has 5 nitrogen and oxygen atoms in total. The van der Waals surface area contributed by atoms with Gasteiger partial charge in [-0.1, -0.05) is 35.4 Å². The molecule has 0 aliphatic carbocycles. The largest absolute Gasteiger partial charge is 0.495 e. The quantitative estimate of drug-likeness (QED) is 0.703. The molecule has 2 aromatic carbocycles. The molecule has 0 radical (unpaired) electrons. The minimum Gasteiger partial charge on any atom is -0.495 e. The average Bonchev–Trinajstić information content (AvgIpc) is 3.28. The van der Waals surface area contributed by atoms with Crippen LogP contribution in [-0.4, -0.2) is 36.9 Å². The highest BCUT2D eigenvalue weighted by Gasteiger charge is 2.44. The van der Waals surface area contributed by atoms with Gasteiger partial charge in [-0.15, -0.1) is 0 Å². The molecule has 2 heterocycles. The summed E-state index contributed by atoms with van der Waals surface area (Å²) in [5.41, 5.74) is 4.17.